The molecule has 1 N–H and O–H groups in total. The first-order valence-electron chi connectivity index (χ1n) is 6.50. The third kappa shape index (κ3) is 3.25. The highest BCUT2D eigenvalue weighted by Crippen LogP contribution is 2.36. The molecular weight excluding hydrogens is 230 g/mol. The topological polar surface area (TPSA) is 57.6 Å². The molecule has 0 aromatic carbocycles. The van der Waals surface area contributed by atoms with Gasteiger partial charge in [0.1, 0.15) is 0 Å². The number of amides is 1. The molecule has 1 saturated heterocycles. The van der Waals surface area contributed by atoms with Gasteiger partial charge < -0.3 is 10.0 Å². The summed E-state index contributed by atoms with van der Waals surface area (Å²) in [6.07, 6.45) is 8.60. The van der Waals surface area contributed by atoms with Crippen LogP contribution in [-0.4, -0.2) is 35.0 Å². The molecule has 4 heteroatoms. The summed E-state index contributed by atoms with van der Waals surface area (Å²) in [5.41, 5.74) is -0.627. The fourth-order valence-electron chi connectivity index (χ4n) is 2.57. The van der Waals surface area contributed by atoms with Gasteiger partial charge in [0.25, 0.3) is 0 Å². The molecule has 0 spiro atoms. The first kappa shape index (κ1) is 14.6. The molecule has 1 amide bonds. The van der Waals surface area contributed by atoms with Gasteiger partial charge in [-0.25, -0.2) is 0 Å². The lowest BCUT2D eigenvalue weighted by Gasteiger charge is -2.38. The van der Waals surface area contributed by atoms with Crippen LogP contribution in [0.25, 0.3) is 0 Å². The Morgan fingerprint density at radius 2 is 2.00 bits per heavy atom. The summed E-state index contributed by atoms with van der Waals surface area (Å²) in [7, 11) is 0. The highest BCUT2D eigenvalue weighted by molar-refractivity contribution is 5.78. The largest absolute Gasteiger partial charge is 0.481 e. The number of piperidine rings is 1. The summed E-state index contributed by atoms with van der Waals surface area (Å²) in [4.78, 5) is 24.9. The number of likely N-dealkylation sites (tertiary alicyclic amines) is 1. The summed E-state index contributed by atoms with van der Waals surface area (Å²) in [5.74, 6) is 1.77. The van der Waals surface area contributed by atoms with Crippen LogP contribution in [0.2, 0.25) is 0 Å². The van der Waals surface area contributed by atoms with Gasteiger partial charge in [0.15, 0.2) is 0 Å². The number of carboxylic acids is 1. The number of hydrogen-bond donors (Lipinski definition) is 1. The summed E-state index contributed by atoms with van der Waals surface area (Å²) in [6.45, 7) is 3.07. The first-order valence-corrected chi connectivity index (χ1v) is 6.50. The van der Waals surface area contributed by atoms with Crippen LogP contribution in [0.4, 0.5) is 0 Å². The average molecular weight is 251 g/mol. The van der Waals surface area contributed by atoms with Crippen molar-refractivity contribution in [1.82, 2.24) is 4.90 Å². The minimum Gasteiger partial charge on any atom is -0.481 e. The molecule has 0 radical (unpaired) electrons. The molecule has 4 nitrogen and oxygen atoms in total. The summed E-state index contributed by atoms with van der Waals surface area (Å²) < 4.78 is 0. The van der Waals surface area contributed by atoms with Crippen LogP contribution in [0.3, 0.4) is 0 Å². The van der Waals surface area contributed by atoms with E-state index in [1.165, 1.54) is 0 Å². The highest BCUT2D eigenvalue weighted by Gasteiger charge is 2.41. The van der Waals surface area contributed by atoms with Crippen LogP contribution < -0.4 is 0 Å². The Morgan fingerprint density at radius 1 is 1.39 bits per heavy atom. The number of terminal acetylenes is 1. The quantitative estimate of drug-likeness (QED) is 0.759. The number of hydrogen-bond acceptors (Lipinski definition) is 2. The fraction of sp³-hybridized carbons (Fsp3) is 0.714. The molecule has 1 rings (SSSR count). The Kier molecular flexibility index (Phi) is 5.21. The molecule has 0 bridgehead atoms. The zero-order valence-corrected chi connectivity index (χ0v) is 10.9. The van der Waals surface area contributed by atoms with Crippen LogP contribution >= 0.6 is 0 Å². The lowest BCUT2D eigenvalue weighted by molar-refractivity contribution is -0.155. The van der Waals surface area contributed by atoms with E-state index >= 15 is 0 Å². The molecule has 0 atom stereocenters. The fourth-order valence-corrected chi connectivity index (χ4v) is 2.57. The van der Waals surface area contributed by atoms with Gasteiger partial charge in [-0.1, -0.05) is 13.3 Å². The van der Waals surface area contributed by atoms with E-state index in [0.717, 1.165) is 6.42 Å². The van der Waals surface area contributed by atoms with Crippen molar-refractivity contribution in [3.8, 4) is 12.3 Å². The Balaban J connectivity index is 2.56. The molecule has 0 saturated carbocycles. The third-order valence-corrected chi connectivity index (χ3v) is 3.74. The molecule has 0 aromatic heterocycles. The van der Waals surface area contributed by atoms with E-state index in [1.54, 1.807) is 4.90 Å². The highest BCUT2D eigenvalue weighted by atomic mass is 16.4. The number of aliphatic carboxylic acids is 1. The molecule has 1 aliphatic heterocycles. The molecule has 0 aliphatic carbocycles. The zero-order valence-electron chi connectivity index (χ0n) is 10.9. The number of carbonyl (C=O) groups excluding carboxylic acids is 1. The lowest BCUT2D eigenvalue weighted by Crippen LogP contribution is -2.46. The molecule has 18 heavy (non-hydrogen) atoms. The number of carboxylic acid groups (broad SMARTS) is 1. The van der Waals surface area contributed by atoms with E-state index < -0.39 is 11.4 Å². The van der Waals surface area contributed by atoms with Crippen molar-refractivity contribution in [2.24, 2.45) is 5.41 Å². The zero-order chi connectivity index (χ0) is 13.6. The van der Waals surface area contributed by atoms with Crippen molar-refractivity contribution >= 4 is 11.9 Å². The maximum Gasteiger partial charge on any atom is 0.309 e. The van der Waals surface area contributed by atoms with Gasteiger partial charge in [0.2, 0.25) is 5.91 Å². The van der Waals surface area contributed by atoms with Crippen LogP contribution in [0.1, 0.15) is 45.4 Å². The molecule has 1 heterocycles. The van der Waals surface area contributed by atoms with Gasteiger partial charge in [-0.3, -0.25) is 9.59 Å². The number of rotatable bonds is 5. The van der Waals surface area contributed by atoms with Crippen LogP contribution in [0.15, 0.2) is 0 Å². The van der Waals surface area contributed by atoms with Gasteiger partial charge in [0, 0.05) is 25.9 Å². The smallest absolute Gasteiger partial charge is 0.309 e. The maximum absolute atomic E-state index is 11.8. The minimum atomic E-state index is -0.722. The van der Waals surface area contributed by atoms with Gasteiger partial charge >= 0.3 is 5.97 Å². The van der Waals surface area contributed by atoms with Crippen molar-refractivity contribution in [3.05, 3.63) is 0 Å². The molecule has 1 aliphatic rings. The van der Waals surface area contributed by atoms with Crippen LogP contribution in [0.5, 0.6) is 0 Å². The third-order valence-electron chi connectivity index (χ3n) is 3.74. The molecule has 100 valence electrons. The van der Waals surface area contributed by atoms with Gasteiger partial charge in [0.05, 0.1) is 5.41 Å². The van der Waals surface area contributed by atoms with Crippen molar-refractivity contribution in [3.63, 3.8) is 0 Å². The SMILES string of the molecule is C#CCCC(=O)N1CCC(CCC)(C(=O)O)CC1. The van der Waals surface area contributed by atoms with Crippen molar-refractivity contribution < 1.29 is 14.7 Å². The predicted molar refractivity (Wildman–Crippen MR) is 68.9 cm³/mol. The van der Waals surface area contributed by atoms with Crippen LogP contribution in [0, 0.1) is 17.8 Å². The van der Waals surface area contributed by atoms with E-state index in [-0.39, 0.29) is 5.91 Å². The van der Waals surface area contributed by atoms with Crippen molar-refractivity contribution in [2.75, 3.05) is 13.1 Å². The standard InChI is InChI=1S/C14H21NO3/c1-3-5-6-12(16)15-10-8-14(7-4-2,9-11-15)13(17)18/h1H,4-11H2,2H3,(H,17,18). The number of nitrogens with zero attached hydrogens (tertiary/aromatic N) is 1. The summed E-state index contributed by atoms with van der Waals surface area (Å²) >= 11 is 0. The van der Waals surface area contributed by atoms with E-state index in [9.17, 15) is 14.7 Å². The van der Waals surface area contributed by atoms with Gasteiger partial charge in [-0.15, -0.1) is 12.3 Å². The van der Waals surface area contributed by atoms with Crippen molar-refractivity contribution in [1.29, 1.82) is 0 Å². The molecule has 1 fully saturated rings. The van der Waals surface area contributed by atoms with Crippen molar-refractivity contribution in [2.45, 2.75) is 45.4 Å². The van der Waals surface area contributed by atoms with E-state index in [4.69, 9.17) is 6.42 Å². The Hall–Kier alpha value is -1.50. The van der Waals surface area contributed by atoms with E-state index in [0.29, 0.717) is 45.2 Å². The number of carbonyl (C=O) groups is 2. The van der Waals surface area contributed by atoms with E-state index in [1.807, 2.05) is 6.92 Å². The van der Waals surface area contributed by atoms with Gasteiger partial charge in [-0.05, 0) is 19.3 Å². The maximum atomic E-state index is 11.8. The van der Waals surface area contributed by atoms with E-state index in [2.05, 4.69) is 5.92 Å². The average Bonchev–Trinajstić information content (AvgIpc) is 2.37. The summed E-state index contributed by atoms with van der Waals surface area (Å²) in [5, 5.41) is 9.36. The molecule has 0 aromatic rings. The summed E-state index contributed by atoms with van der Waals surface area (Å²) in [6, 6.07) is 0. The second-order valence-corrected chi connectivity index (χ2v) is 4.92. The second kappa shape index (κ2) is 6.44. The lowest BCUT2D eigenvalue weighted by atomic mass is 9.75. The Labute approximate surface area is 108 Å². The molecule has 0 unspecified atom stereocenters. The Morgan fingerprint density at radius 3 is 2.44 bits per heavy atom. The first-order chi connectivity index (χ1) is 8.55. The predicted octanol–water partition coefficient (Wildman–Crippen LogP) is 1.89. The second-order valence-electron chi connectivity index (χ2n) is 4.92. The normalized spacial score (nSPS) is 18.1. The van der Waals surface area contributed by atoms with Crippen LogP contribution in [-0.2, 0) is 9.59 Å². The monoisotopic (exact) mass is 251 g/mol. The molecular formula is C14H21NO3. The van der Waals surface area contributed by atoms with Gasteiger partial charge in [-0.2, -0.15) is 0 Å². The minimum absolute atomic E-state index is 0.0448. The Bertz CT molecular complexity index is 349.